The van der Waals surface area contributed by atoms with Gasteiger partial charge in [-0.1, -0.05) is 0 Å². The van der Waals surface area contributed by atoms with Crippen molar-refractivity contribution in [2.75, 3.05) is 0 Å². The molecule has 2 heteroatoms. The van der Waals surface area contributed by atoms with Crippen LogP contribution in [0.5, 0.6) is 0 Å². The van der Waals surface area contributed by atoms with Gasteiger partial charge in [-0.05, 0) is 0 Å². The van der Waals surface area contributed by atoms with E-state index in [0.29, 0.717) is 0 Å². The van der Waals surface area contributed by atoms with E-state index in [1.165, 1.54) is 49.4 Å². The average Bonchev–Trinajstić information content (AvgIpc) is 2.55. The Kier molecular flexibility index (Phi) is 11.2. The van der Waals surface area contributed by atoms with Crippen LogP contribution in [0.25, 0.3) is 0 Å². The van der Waals surface area contributed by atoms with Gasteiger partial charge in [-0.2, -0.15) is 0 Å². The summed E-state index contributed by atoms with van der Waals surface area (Å²) in [6.07, 6.45) is 9.96. The van der Waals surface area contributed by atoms with Gasteiger partial charge in [0.15, 0.2) is 0 Å². The zero-order valence-electron chi connectivity index (χ0n) is 15.0. The van der Waals surface area contributed by atoms with Gasteiger partial charge in [0, 0.05) is 0 Å². The summed E-state index contributed by atoms with van der Waals surface area (Å²) in [4.78, 5) is 0. The Labute approximate surface area is 151 Å². The third kappa shape index (κ3) is 7.86. The summed E-state index contributed by atoms with van der Waals surface area (Å²) in [6.45, 7) is 7.10. The fourth-order valence-electron chi connectivity index (χ4n) is 3.47. The van der Waals surface area contributed by atoms with Gasteiger partial charge >= 0.3 is 152 Å². The number of benzene rings is 1. The zero-order valence-corrected chi connectivity index (χ0v) is 19.4. The van der Waals surface area contributed by atoms with Crippen LogP contribution in [-0.2, 0) is 6.42 Å². The van der Waals surface area contributed by atoms with Crippen LogP contribution in [0.3, 0.4) is 0 Å². The van der Waals surface area contributed by atoms with E-state index in [1.807, 2.05) is 0 Å². The van der Waals surface area contributed by atoms with E-state index >= 15 is 0 Å². The Hall–Kier alpha value is 0.499. The fourth-order valence-corrected chi connectivity index (χ4v) is 19.8. The average molecular weight is 474 g/mol. The predicted molar refractivity (Wildman–Crippen MR) is 108 cm³/mol. The molecule has 0 aliphatic heterocycles. The van der Waals surface area contributed by atoms with E-state index in [-0.39, 0.29) is 0 Å². The van der Waals surface area contributed by atoms with Crippen molar-refractivity contribution in [3.05, 3.63) is 34.3 Å². The second-order valence-electron chi connectivity index (χ2n) is 6.94. The topological polar surface area (TPSA) is 0 Å². The summed E-state index contributed by atoms with van der Waals surface area (Å²) in [5.74, 6) is 0. The molecular weight excluding hydrogens is 439 g/mol. The molecule has 0 bridgehead atoms. The van der Waals surface area contributed by atoms with Crippen molar-refractivity contribution < 1.29 is 0 Å². The molecule has 0 saturated carbocycles. The third-order valence-corrected chi connectivity index (χ3v) is 21.4. The molecule has 0 unspecified atom stereocenters. The standard InChI is InChI=1S/C8H8Br.3C4H9.Sn/c1-2-7-3-5-8(9)6-4-7;3*1-3-4-2;/h3-6H,1-2H2;3*1,3-4H2,2H3;. The first kappa shape index (κ1) is 20.5. The van der Waals surface area contributed by atoms with Crippen LogP contribution < -0.4 is 0 Å². The van der Waals surface area contributed by atoms with E-state index in [9.17, 15) is 0 Å². The summed E-state index contributed by atoms with van der Waals surface area (Å²) in [6, 6.07) is 9.05. The Morgan fingerprint density at radius 2 is 1.18 bits per heavy atom. The quantitative estimate of drug-likeness (QED) is 0.271. The molecule has 0 N–H and O–H groups in total. The maximum atomic E-state index is 3.55. The third-order valence-electron chi connectivity index (χ3n) is 5.04. The van der Waals surface area contributed by atoms with Crippen LogP contribution in [0.15, 0.2) is 28.7 Å². The van der Waals surface area contributed by atoms with Gasteiger partial charge in [-0.15, -0.1) is 0 Å². The van der Waals surface area contributed by atoms with E-state index in [0.717, 1.165) is 0 Å². The Bertz CT molecular complexity index is 363. The molecule has 0 atom stereocenters. The van der Waals surface area contributed by atoms with Gasteiger partial charge < -0.3 is 0 Å². The molecular formula is C20H35BrSn. The molecule has 1 rings (SSSR count). The van der Waals surface area contributed by atoms with E-state index in [1.54, 1.807) is 23.3 Å². The van der Waals surface area contributed by atoms with Gasteiger partial charge in [0.05, 0.1) is 0 Å². The molecule has 1 aromatic carbocycles. The van der Waals surface area contributed by atoms with Crippen molar-refractivity contribution in [3.8, 4) is 0 Å². The van der Waals surface area contributed by atoms with Gasteiger partial charge in [0.2, 0.25) is 0 Å². The molecule has 0 heterocycles. The van der Waals surface area contributed by atoms with Crippen LogP contribution in [0.1, 0.15) is 64.9 Å². The van der Waals surface area contributed by atoms with Gasteiger partial charge in [-0.3, -0.25) is 0 Å². The van der Waals surface area contributed by atoms with Crippen LogP contribution in [0.2, 0.25) is 17.7 Å². The summed E-state index contributed by atoms with van der Waals surface area (Å²) in [7, 11) is 0. The van der Waals surface area contributed by atoms with Crippen molar-refractivity contribution in [2.45, 2.75) is 83.5 Å². The normalized spacial score (nSPS) is 11.8. The summed E-state index contributed by atoms with van der Waals surface area (Å²) >= 11 is 1.64. The predicted octanol–water partition coefficient (Wildman–Crippen LogP) is 7.84. The zero-order chi connectivity index (χ0) is 16.3. The van der Waals surface area contributed by atoms with Crippen molar-refractivity contribution in [1.82, 2.24) is 0 Å². The molecule has 0 nitrogen and oxygen atoms in total. The van der Waals surface area contributed by atoms with Crippen LogP contribution in [0, 0.1) is 0 Å². The molecule has 1 aromatic rings. The number of hydrogen-bond donors (Lipinski definition) is 0. The van der Waals surface area contributed by atoms with Gasteiger partial charge in [0.25, 0.3) is 0 Å². The maximum absolute atomic E-state index is 3.55. The molecule has 0 fully saturated rings. The fraction of sp³-hybridized carbons (Fsp3) is 0.700. The molecule has 0 aromatic heterocycles. The first-order valence-electron chi connectivity index (χ1n) is 9.40. The molecule has 0 radical (unpaired) electrons. The second kappa shape index (κ2) is 11.9. The van der Waals surface area contributed by atoms with Crippen LogP contribution >= 0.6 is 15.9 Å². The number of halogens is 1. The number of rotatable bonds is 12. The van der Waals surface area contributed by atoms with Crippen molar-refractivity contribution in [1.29, 1.82) is 0 Å². The van der Waals surface area contributed by atoms with E-state index in [2.05, 4.69) is 61.0 Å². The monoisotopic (exact) mass is 474 g/mol. The van der Waals surface area contributed by atoms with Crippen LogP contribution in [-0.4, -0.2) is 18.4 Å². The van der Waals surface area contributed by atoms with Gasteiger partial charge in [0.1, 0.15) is 0 Å². The summed E-state index contributed by atoms with van der Waals surface area (Å²) < 4.78 is 7.70. The molecule has 22 heavy (non-hydrogen) atoms. The first-order chi connectivity index (χ1) is 10.7. The molecule has 0 aliphatic rings. The second-order valence-corrected chi connectivity index (χ2v) is 22.1. The van der Waals surface area contributed by atoms with Crippen molar-refractivity contribution in [2.24, 2.45) is 0 Å². The number of hydrogen-bond acceptors (Lipinski definition) is 0. The molecule has 0 amide bonds. The summed E-state index contributed by atoms with van der Waals surface area (Å²) in [5.41, 5.74) is 1.55. The molecule has 0 aliphatic carbocycles. The Morgan fingerprint density at radius 1 is 0.727 bits per heavy atom. The molecule has 0 spiro atoms. The van der Waals surface area contributed by atoms with E-state index in [4.69, 9.17) is 0 Å². The van der Waals surface area contributed by atoms with Gasteiger partial charge in [-0.25, -0.2) is 0 Å². The van der Waals surface area contributed by atoms with Crippen LogP contribution in [0.4, 0.5) is 0 Å². The van der Waals surface area contributed by atoms with E-state index < -0.39 is 18.4 Å². The Balaban J connectivity index is 2.72. The minimum atomic E-state index is -1.92. The minimum absolute atomic E-state index is 1.20. The van der Waals surface area contributed by atoms with Crippen molar-refractivity contribution in [3.63, 3.8) is 0 Å². The first-order valence-corrected chi connectivity index (χ1v) is 18.3. The Morgan fingerprint density at radius 3 is 1.59 bits per heavy atom. The molecule has 0 saturated heterocycles. The number of aryl methyl sites for hydroxylation is 1. The SMILES string of the molecule is CCC[CH2][Sn]([CH2]CCC)([CH2]CCC)[CH2]Cc1ccc(Br)cc1. The number of unbranched alkanes of at least 4 members (excludes halogenated alkanes) is 3. The molecule has 126 valence electrons. The van der Waals surface area contributed by atoms with Crippen molar-refractivity contribution >= 4 is 34.3 Å². The summed E-state index contributed by atoms with van der Waals surface area (Å²) in [5, 5.41) is 0.